The molecule has 2 atom stereocenters. The van der Waals surface area contributed by atoms with E-state index >= 15 is 0 Å². The molecule has 1 rings (SSSR count). The zero-order chi connectivity index (χ0) is 15.4. The summed E-state index contributed by atoms with van der Waals surface area (Å²) in [4.78, 5) is 32.7. The summed E-state index contributed by atoms with van der Waals surface area (Å²) in [5.74, 6) is -2.24. The number of nitrogens with one attached hydrogen (secondary N) is 1. The zero-order valence-corrected chi connectivity index (χ0v) is 11.8. The highest BCUT2D eigenvalue weighted by Crippen LogP contribution is 2.21. The molecule has 108 valence electrons. The molecule has 9 heteroatoms. The van der Waals surface area contributed by atoms with Gasteiger partial charge in [-0.1, -0.05) is 15.9 Å². The van der Waals surface area contributed by atoms with Crippen molar-refractivity contribution in [2.24, 2.45) is 0 Å². The number of hydrogen-bond donors (Lipinski definition) is 3. The van der Waals surface area contributed by atoms with Gasteiger partial charge in [0, 0.05) is 22.2 Å². The fourth-order valence-electron chi connectivity index (χ4n) is 1.42. The van der Waals surface area contributed by atoms with Crippen LogP contribution in [0.15, 0.2) is 22.7 Å². The molecule has 0 spiro atoms. The number of aliphatic hydroxyl groups excluding tert-OH is 1. The lowest BCUT2D eigenvalue weighted by Crippen LogP contribution is -2.47. The van der Waals surface area contributed by atoms with Gasteiger partial charge in [-0.2, -0.15) is 0 Å². The van der Waals surface area contributed by atoms with Crippen molar-refractivity contribution in [3.8, 4) is 0 Å². The number of aliphatic hydroxyl groups is 1. The van der Waals surface area contributed by atoms with Crippen molar-refractivity contribution in [2.45, 2.75) is 19.1 Å². The fraction of sp³-hybridized carbons (Fsp3) is 0.273. The fourth-order valence-corrected chi connectivity index (χ4v) is 1.91. The highest BCUT2D eigenvalue weighted by atomic mass is 79.9. The van der Waals surface area contributed by atoms with Crippen LogP contribution in [-0.2, 0) is 4.79 Å². The van der Waals surface area contributed by atoms with E-state index in [-0.39, 0.29) is 11.3 Å². The molecule has 1 aromatic carbocycles. The summed E-state index contributed by atoms with van der Waals surface area (Å²) in [6, 6.07) is 2.03. The maximum absolute atomic E-state index is 11.9. The molecule has 8 nitrogen and oxygen atoms in total. The third-order valence-corrected chi connectivity index (χ3v) is 2.85. The molecule has 0 fully saturated rings. The minimum absolute atomic E-state index is 0.0852. The number of carbonyl (C=O) groups is 2. The largest absolute Gasteiger partial charge is 0.480 e. The molecule has 1 amide bonds. The standard InChI is InChI=1S/C11H11BrN2O6/c1-5(15)9(11(17)18)13-10(16)6-2-7(12)4-8(3-6)14(19)20/h2-5,9,15H,1H3,(H,13,16)(H,17,18). The van der Waals surface area contributed by atoms with Crippen LogP contribution in [0.4, 0.5) is 5.69 Å². The number of carbonyl (C=O) groups excluding carboxylic acids is 1. The van der Waals surface area contributed by atoms with Gasteiger partial charge in [-0.3, -0.25) is 14.9 Å². The van der Waals surface area contributed by atoms with Crippen molar-refractivity contribution >= 4 is 33.5 Å². The van der Waals surface area contributed by atoms with Gasteiger partial charge in [0.2, 0.25) is 0 Å². The molecule has 1 aromatic rings. The molecular weight excluding hydrogens is 336 g/mol. The van der Waals surface area contributed by atoms with E-state index in [2.05, 4.69) is 21.2 Å². The maximum Gasteiger partial charge on any atom is 0.328 e. The van der Waals surface area contributed by atoms with Crippen LogP contribution in [0, 0.1) is 10.1 Å². The topological polar surface area (TPSA) is 130 Å². The number of nitro benzene ring substituents is 1. The van der Waals surface area contributed by atoms with Gasteiger partial charge in [0.15, 0.2) is 6.04 Å². The normalized spacial score (nSPS) is 13.3. The van der Waals surface area contributed by atoms with E-state index in [0.717, 1.165) is 6.07 Å². The Labute approximate surface area is 121 Å². The predicted molar refractivity (Wildman–Crippen MR) is 71.4 cm³/mol. The third-order valence-electron chi connectivity index (χ3n) is 2.39. The van der Waals surface area contributed by atoms with Crippen molar-refractivity contribution in [1.29, 1.82) is 0 Å². The Kier molecular flexibility index (Phi) is 5.17. The molecule has 0 aliphatic heterocycles. The average molecular weight is 347 g/mol. The first-order valence-electron chi connectivity index (χ1n) is 5.39. The SMILES string of the molecule is CC(O)C(NC(=O)c1cc(Br)cc([N+](=O)[O-])c1)C(=O)O. The van der Waals surface area contributed by atoms with Crippen LogP contribution in [0.1, 0.15) is 17.3 Å². The Balaban J connectivity index is 3.03. The van der Waals surface area contributed by atoms with E-state index in [4.69, 9.17) is 5.11 Å². The number of rotatable bonds is 5. The Morgan fingerprint density at radius 2 is 2.00 bits per heavy atom. The molecule has 2 unspecified atom stereocenters. The first-order valence-corrected chi connectivity index (χ1v) is 6.18. The lowest BCUT2D eigenvalue weighted by atomic mass is 10.1. The van der Waals surface area contributed by atoms with Crippen LogP contribution in [0.5, 0.6) is 0 Å². The minimum atomic E-state index is -1.50. The molecule has 0 aliphatic carbocycles. The molecule has 3 N–H and O–H groups in total. The van der Waals surface area contributed by atoms with Gasteiger partial charge in [0.25, 0.3) is 11.6 Å². The van der Waals surface area contributed by atoms with Crippen molar-refractivity contribution < 1.29 is 24.7 Å². The summed E-state index contributed by atoms with van der Waals surface area (Å²) < 4.78 is 0.306. The summed E-state index contributed by atoms with van der Waals surface area (Å²) in [5.41, 5.74) is -0.397. The number of nitrogens with zero attached hydrogens (tertiary/aromatic N) is 1. The maximum atomic E-state index is 11.9. The van der Waals surface area contributed by atoms with Gasteiger partial charge < -0.3 is 15.5 Å². The monoisotopic (exact) mass is 346 g/mol. The van der Waals surface area contributed by atoms with Crippen LogP contribution < -0.4 is 5.32 Å². The number of hydrogen-bond acceptors (Lipinski definition) is 5. The van der Waals surface area contributed by atoms with Crippen molar-refractivity contribution in [3.63, 3.8) is 0 Å². The number of amides is 1. The number of nitro groups is 1. The number of benzene rings is 1. The molecule has 0 saturated carbocycles. The number of aliphatic carboxylic acids is 1. The van der Waals surface area contributed by atoms with Crippen LogP contribution in [-0.4, -0.2) is 39.2 Å². The van der Waals surface area contributed by atoms with Gasteiger partial charge >= 0.3 is 5.97 Å². The summed E-state index contributed by atoms with van der Waals surface area (Å²) in [6.45, 7) is 1.21. The number of non-ortho nitro benzene ring substituents is 1. The van der Waals surface area contributed by atoms with Gasteiger partial charge in [0.1, 0.15) is 0 Å². The van der Waals surface area contributed by atoms with E-state index in [1.807, 2.05) is 0 Å². The Morgan fingerprint density at radius 1 is 1.40 bits per heavy atom. The highest BCUT2D eigenvalue weighted by molar-refractivity contribution is 9.10. The summed E-state index contributed by atoms with van der Waals surface area (Å²) >= 11 is 3.02. The summed E-state index contributed by atoms with van der Waals surface area (Å²) in [7, 11) is 0. The van der Waals surface area contributed by atoms with Crippen LogP contribution >= 0.6 is 15.9 Å². The predicted octanol–water partition coefficient (Wildman–Crippen LogP) is 0.921. The van der Waals surface area contributed by atoms with Gasteiger partial charge in [-0.25, -0.2) is 4.79 Å². The van der Waals surface area contributed by atoms with Crippen LogP contribution in [0.3, 0.4) is 0 Å². The minimum Gasteiger partial charge on any atom is -0.480 e. The molecule has 0 aromatic heterocycles. The highest BCUT2D eigenvalue weighted by Gasteiger charge is 2.26. The second-order valence-corrected chi connectivity index (χ2v) is 4.90. The molecule has 0 aliphatic rings. The van der Waals surface area contributed by atoms with Crippen LogP contribution in [0.25, 0.3) is 0 Å². The van der Waals surface area contributed by atoms with E-state index in [9.17, 15) is 24.8 Å². The Hall–Kier alpha value is -2.00. The molecule has 0 heterocycles. The molecule has 0 radical (unpaired) electrons. The number of carboxylic acids is 1. The lowest BCUT2D eigenvalue weighted by molar-refractivity contribution is -0.385. The Morgan fingerprint density at radius 3 is 2.45 bits per heavy atom. The third kappa shape index (κ3) is 4.00. The van der Waals surface area contributed by atoms with E-state index in [1.165, 1.54) is 19.1 Å². The summed E-state index contributed by atoms with van der Waals surface area (Å²) in [5, 5.41) is 30.9. The van der Waals surface area contributed by atoms with Crippen molar-refractivity contribution in [1.82, 2.24) is 5.32 Å². The first kappa shape index (κ1) is 16.1. The smallest absolute Gasteiger partial charge is 0.328 e. The lowest BCUT2D eigenvalue weighted by Gasteiger charge is -2.17. The second-order valence-electron chi connectivity index (χ2n) is 3.99. The zero-order valence-electron chi connectivity index (χ0n) is 10.2. The summed E-state index contributed by atoms with van der Waals surface area (Å²) in [6.07, 6.45) is -1.31. The molecule has 20 heavy (non-hydrogen) atoms. The van der Waals surface area contributed by atoms with E-state index in [0.29, 0.717) is 4.47 Å². The van der Waals surface area contributed by atoms with Gasteiger partial charge in [-0.15, -0.1) is 0 Å². The van der Waals surface area contributed by atoms with Crippen molar-refractivity contribution in [3.05, 3.63) is 38.3 Å². The molecular formula is C11H11BrN2O6. The molecule has 0 saturated heterocycles. The van der Waals surface area contributed by atoms with Gasteiger partial charge in [-0.05, 0) is 13.0 Å². The Bertz CT molecular complexity index is 560. The second kappa shape index (κ2) is 6.44. The van der Waals surface area contributed by atoms with E-state index < -0.39 is 28.9 Å². The number of halogens is 1. The quantitative estimate of drug-likeness (QED) is 0.536. The van der Waals surface area contributed by atoms with Crippen molar-refractivity contribution in [2.75, 3.05) is 0 Å². The average Bonchev–Trinajstić information content (AvgIpc) is 2.33. The molecule has 0 bridgehead atoms. The van der Waals surface area contributed by atoms with Gasteiger partial charge in [0.05, 0.1) is 11.0 Å². The van der Waals surface area contributed by atoms with Crippen LogP contribution in [0.2, 0.25) is 0 Å². The number of carboxylic acid groups (broad SMARTS) is 1. The van der Waals surface area contributed by atoms with E-state index in [1.54, 1.807) is 0 Å². The first-order chi connectivity index (χ1) is 9.22.